The molecule has 138 valence electrons. The fourth-order valence-electron chi connectivity index (χ4n) is 2.55. The van der Waals surface area contributed by atoms with E-state index in [0.29, 0.717) is 24.6 Å². The van der Waals surface area contributed by atoms with E-state index in [-0.39, 0.29) is 5.76 Å². The predicted octanol–water partition coefficient (Wildman–Crippen LogP) is 2.00. The van der Waals surface area contributed by atoms with Gasteiger partial charge in [-0.15, -0.1) is 0 Å². The smallest absolute Gasteiger partial charge is 0.377 e. The second kappa shape index (κ2) is 8.01. The van der Waals surface area contributed by atoms with Crippen LogP contribution in [0.4, 0.5) is 11.4 Å². The minimum atomic E-state index is -0.966. The van der Waals surface area contributed by atoms with Gasteiger partial charge in [0.1, 0.15) is 0 Å². The summed E-state index contributed by atoms with van der Waals surface area (Å²) in [5.41, 5.74) is 2.27. The highest BCUT2D eigenvalue weighted by atomic mass is 16.6. The minimum Gasteiger partial charge on any atom is -0.447 e. The van der Waals surface area contributed by atoms with Crippen molar-refractivity contribution in [1.82, 2.24) is 5.16 Å². The SMILES string of the molecule is Cc1cc(C(=O)O[C@H](C)C(=O)Nc2ccc(N3CCOCC3)cc2)on1. The molecule has 2 aromatic rings. The summed E-state index contributed by atoms with van der Waals surface area (Å²) >= 11 is 0. The van der Waals surface area contributed by atoms with Crippen molar-refractivity contribution >= 4 is 23.3 Å². The highest BCUT2D eigenvalue weighted by Gasteiger charge is 2.22. The molecular formula is C18H21N3O5. The number of carbonyl (C=O) groups is 2. The maximum absolute atomic E-state index is 12.2. The van der Waals surface area contributed by atoms with Gasteiger partial charge in [-0.25, -0.2) is 4.79 Å². The molecule has 26 heavy (non-hydrogen) atoms. The quantitative estimate of drug-likeness (QED) is 0.816. The van der Waals surface area contributed by atoms with Gasteiger partial charge < -0.3 is 24.2 Å². The maximum Gasteiger partial charge on any atom is 0.377 e. The first-order valence-electron chi connectivity index (χ1n) is 8.41. The molecule has 1 aromatic carbocycles. The summed E-state index contributed by atoms with van der Waals surface area (Å²) in [6.45, 7) is 6.31. The molecule has 1 aromatic heterocycles. The van der Waals surface area contributed by atoms with Crippen LogP contribution < -0.4 is 10.2 Å². The van der Waals surface area contributed by atoms with Crippen LogP contribution in [-0.2, 0) is 14.3 Å². The summed E-state index contributed by atoms with van der Waals surface area (Å²) in [6.07, 6.45) is -0.966. The lowest BCUT2D eigenvalue weighted by Crippen LogP contribution is -2.36. The van der Waals surface area contributed by atoms with Crippen molar-refractivity contribution in [2.75, 3.05) is 36.5 Å². The summed E-state index contributed by atoms with van der Waals surface area (Å²) in [7, 11) is 0. The molecule has 1 aliphatic heterocycles. The number of nitrogens with one attached hydrogen (secondary N) is 1. The number of benzene rings is 1. The third-order valence-electron chi connectivity index (χ3n) is 3.99. The lowest BCUT2D eigenvalue weighted by atomic mass is 10.2. The second-order valence-corrected chi connectivity index (χ2v) is 6.02. The Morgan fingerprint density at radius 2 is 1.92 bits per heavy atom. The first-order valence-corrected chi connectivity index (χ1v) is 8.41. The number of nitrogens with zero attached hydrogens (tertiary/aromatic N) is 2. The van der Waals surface area contributed by atoms with Gasteiger partial charge >= 0.3 is 5.97 Å². The third-order valence-corrected chi connectivity index (χ3v) is 3.99. The summed E-state index contributed by atoms with van der Waals surface area (Å²) < 4.78 is 15.3. The van der Waals surface area contributed by atoms with E-state index in [2.05, 4.69) is 15.4 Å². The van der Waals surface area contributed by atoms with Crippen molar-refractivity contribution < 1.29 is 23.6 Å². The van der Waals surface area contributed by atoms with Gasteiger partial charge in [-0.3, -0.25) is 4.79 Å². The molecule has 0 radical (unpaired) electrons. The number of carbonyl (C=O) groups excluding carboxylic acids is 2. The van der Waals surface area contributed by atoms with Crippen molar-refractivity contribution in [1.29, 1.82) is 0 Å². The first kappa shape index (κ1) is 17.9. The van der Waals surface area contributed by atoms with Crippen molar-refractivity contribution in [3.05, 3.63) is 41.8 Å². The van der Waals surface area contributed by atoms with E-state index in [0.717, 1.165) is 18.8 Å². The molecule has 0 bridgehead atoms. The number of ether oxygens (including phenoxy) is 2. The lowest BCUT2D eigenvalue weighted by Gasteiger charge is -2.28. The number of hydrogen-bond donors (Lipinski definition) is 1. The van der Waals surface area contributed by atoms with Crippen molar-refractivity contribution in [3.8, 4) is 0 Å². The summed E-state index contributed by atoms with van der Waals surface area (Å²) in [5.74, 6) is -1.18. The van der Waals surface area contributed by atoms with Gasteiger partial charge in [0.2, 0.25) is 5.76 Å². The van der Waals surface area contributed by atoms with Gasteiger partial charge in [0.15, 0.2) is 6.10 Å². The fourth-order valence-corrected chi connectivity index (χ4v) is 2.55. The normalized spacial score (nSPS) is 15.4. The average Bonchev–Trinajstić information content (AvgIpc) is 3.09. The van der Waals surface area contributed by atoms with E-state index in [1.165, 1.54) is 13.0 Å². The van der Waals surface area contributed by atoms with Crippen LogP contribution in [0, 0.1) is 6.92 Å². The number of aromatic nitrogens is 1. The number of morpholine rings is 1. The average molecular weight is 359 g/mol. The van der Waals surface area contributed by atoms with E-state index in [1.54, 1.807) is 6.92 Å². The van der Waals surface area contributed by atoms with Crippen LogP contribution in [0.3, 0.4) is 0 Å². The Hall–Kier alpha value is -2.87. The van der Waals surface area contributed by atoms with E-state index in [9.17, 15) is 9.59 Å². The van der Waals surface area contributed by atoms with Crippen LogP contribution in [0.1, 0.15) is 23.2 Å². The molecule has 1 N–H and O–H groups in total. The molecule has 0 unspecified atom stereocenters. The van der Waals surface area contributed by atoms with Gasteiger partial charge in [0.05, 0.1) is 18.9 Å². The third kappa shape index (κ3) is 4.40. The molecule has 1 fully saturated rings. The Morgan fingerprint density at radius 1 is 1.23 bits per heavy atom. The highest BCUT2D eigenvalue weighted by Crippen LogP contribution is 2.19. The van der Waals surface area contributed by atoms with Crippen molar-refractivity contribution in [2.24, 2.45) is 0 Å². The Bertz CT molecular complexity index is 765. The van der Waals surface area contributed by atoms with Crippen LogP contribution in [-0.4, -0.2) is 49.4 Å². The second-order valence-electron chi connectivity index (χ2n) is 6.02. The number of esters is 1. The number of aryl methyl sites for hydroxylation is 1. The predicted molar refractivity (Wildman–Crippen MR) is 94.2 cm³/mol. The molecule has 8 nitrogen and oxygen atoms in total. The molecule has 1 amide bonds. The van der Waals surface area contributed by atoms with Crippen LogP contribution >= 0.6 is 0 Å². The van der Waals surface area contributed by atoms with Crippen molar-refractivity contribution in [2.45, 2.75) is 20.0 Å². The largest absolute Gasteiger partial charge is 0.447 e. The van der Waals surface area contributed by atoms with Crippen LogP contribution in [0.5, 0.6) is 0 Å². The minimum absolute atomic E-state index is 0.0305. The number of amides is 1. The lowest BCUT2D eigenvalue weighted by molar-refractivity contribution is -0.123. The van der Waals surface area contributed by atoms with Crippen LogP contribution in [0.15, 0.2) is 34.9 Å². The molecule has 0 spiro atoms. The zero-order valence-electron chi connectivity index (χ0n) is 14.7. The van der Waals surface area contributed by atoms with Gasteiger partial charge in [0, 0.05) is 30.5 Å². The Kier molecular flexibility index (Phi) is 5.52. The molecule has 3 rings (SSSR count). The molecule has 1 saturated heterocycles. The molecule has 0 saturated carbocycles. The van der Waals surface area contributed by atoms with Gasteiger partial charge in [-0.2, -0.15) is 0 Å². The first-order chi connectivity index (χ1) is 12.5. The molecule has 1 aliphatic rings. The topological polar surface area (TPSA) is 93.9 Å². The van der Waals surface area contributed by atoms with E-state index >= 15 is 0 Å². The Morgan fingerprint density at radius 3 is 2.54 bits per heavy atom. The van der Waals surface area contributed by atoms with Crippen LogP contribution in [0.2, 0.25) is 0 Å². The maximum atomic E-state index is 12.2. The van der Waals surface area contributed by atoms with E-state index in [4.69, 9.17) is 14.0 Å². The highest BCUT2D eigenvalue weighted by molar-refractivity contribution is 5.96. The number of anilines is 2. The van der Waals surface area contributed by atoms with Crippen molar-refractivity contribution in [3.63, 3.8) is 0 Å². The Balaban J connectivity index is 1.54. The summed E-state index contributed by atoms with van der Waals surface area (Å²) in [5, 5.41) is 6.34. The van der Waals surface area contributed by atoms with E-state index < -0.39 is 18.0 Å². The zero-order valence-corrected chi connectivity index (χ0v) is 14.7. The Labute approximate surface area is 151 Å². The molecule has 0 aliphatic carbocycles. The van der Waals surface area contributed by atoms with Gasteiger partial charge in [0.25, 0.3) is 5.91 Å². The summed E-state index contributed by atoms with van der Waals surface area (Å²) in [6, 6.07) is 8.97. The number of rotatable bonds is 5. The number of hydrogen-bond acceptors (Lipinski definition) is 7. The van der Waals surface area contributed by atoms with Gasteiger partial charge in [-0.1, -0.05) is 5.16 Å². The van der Waals surface area contributed by atoms with Gasteiger partial charge in [-0.05, 0) is 38.1 Å². The zero-order chi connectivity index (χ0) is 18.5. The molecule has 2 heterocycles. The molecule has 1 atom stereocenters. The molecule has 8 heteroatoms. The summed E-state index contributed by atoms with van der Waals surface area (Å²) in [4.78, 5) is 26.3. The van der Waals surface area contributed by atoms with E-state index in [1.807, 2.05) is 24.3 Å². The fraction of sp³-hybridized carbons (Fsp3) is 0.389. The standard InChI is InChI=1S/C18H21N3O5/c1-12-11-16(26-20-12)18(23)25-13(2)17(22)19-14-3-5-15(6-4-14)21-7-9-24-10-8-21/h3-6,11,13H,7-10H2,1-2H3,(H,19,22)/t13-/m1/s1. The monoisotopic (exact) mass is 359 g/mol. The molecular weight excluding hydrogens is 338 g/mol. The van der Waals surface area contributed by atoms with Crippen LogP contribution in [0.25, 0.3) is 0 Å².